The van der Waals surface area contributed by atoms with Crippen molar-refractivity contribution >= 4 is 17.2 Å². The van der Waals surface area contributed by atoms with Crippen LogP contribution in [-0.2, 0) is 0 Å². The molecule has 0 aliphatic carbocycles. The fourth-order valence-electron chi connectivity index (χ4n) is 1.87. The molecule has 0 spiro atoms. The second-order valence-electron chi connectivity index (χ2n) is 4.36. The van der Waals surface area contributed by atoms with Gasteiger partial charge in [-0.05, 0) is 24.1 Å². The third-order valence-electron chi connectivity index (χ3n) is 2.99. The van der Waals surface area contributed by atoms with Crippen LogP contribution in [0.25, 0.3) is 11.1 Å². The van der Waals surface area contributed by atoms with Gasteiger partial charge in [-0.25, -0.2) is 0 Å². The summed E-state index contributed by atoms with van der Waals surface area (Å²) < 4.78 is 0. The highest BCUT2D eigenvalue weighted by molar-refractivity contribution is 7.12. The van der Waals surface area contributed by atoms with E-state index in [0.717, 1.165) is 22.5 Å². The second-order valence-corrected chi connectivity index (χ2v) is 5.28. The quantitative estimate of drug-likeness (QED) is 0.909. The van der Waals surface area contributed by atoms with Crippen molar-refractivity contribution in [3.8, 4) is 11.1 Å². The van der Waals surface area contributed by atoms with Crippen molar-refractivity contribution in [3.05, 3.63) is 46.7 Å². The molecule has 0 saturated heterocycles. The lowest BCUT2D eigenvalue weighted by atomic mass is 10.1. The Morgan fingerprint density at radius 3 is 2.68 bits per heavy atom. The molecule has 19 heavy (non-hydrogen) atoms. The summed E-state index contributed by atoms with van der Waals surface area (Å²) in [6.07, 6.45) is 0. The third-order valence-corrected chi connectivity index (χ3v) is 3.89. The summed E-state index contributed by atoms with van der Waals surface area (Å²) in [6.45, 7) is 1.51. The fourth-order valence-corrected chi connectivity index (χ4v) is 2.78. The number of nitrogens with one attached hydrogen (secondary N) is 1. The first-order valence-corrected chi connectivity index (χ1v) is 7.15. The maximum Gasteiger partial charge on any atom is 0.264 e. The molecule has 1 aromatic heterocycles. The topological polar surface area (TPSA) is 32.3 Å². The Labute approximate surface area is 117 Å². The minimum Gasteiger partial charge on any atom is -0.340 e. The minimum absolute atomic E-state index is 0.0871. The molecular formula is C15H18N2OS. The third kappa shape index (κ3) is 3.22. The van der Waals surface area contributed by atoms with Crippen LogP contribution in [-0.4, -0.2) is 38.0 Å². The van der Waals surface area contributed by atoms with E-state index in [-0.39, 0.29) is 5.91 Å². The van der Waals surface area contributed by atoms with Crippen molar-refractivity contribution in [1.82, 2.24) is 10.2 Å². The van der Waals surface area contributed by atoms with Crippen LogP contribution in [0.1, 0.15) is 9.67 Å². The maximum atomic E-state index is 12.4. The average Bonchev–Trinajstić information content (AvgIpc) is 2.94. The van der Waals surface area contributed by atoms with Gasteiger partial charge in [0, 0.05) is 25.7 Å². The summed E-state index contributed by atoms with van der Waals surface area (Å²) in [6, 6.07) is 12.0. The number of amides is 1. The number of rotatable bonds is 5. The highest BCUT2D eigenvalue weighted by Crippen LogP contribution is 2.28. The van der Waals surface area contributed by atoms with Gasteiger partial charge in [0.15, 0.2) is 0 Å². The van der Waals surface area contributed by atoms with E-state index >= 15 is 0 Å². The van der Waals surface area contributed by atoms with E-state index in [1.807, 2.05) is 55.9 Å². The summed E-state index contributed by atoms with van der Waals surface area (Å²) >= 11 is 1.50. The van der Waals surface area contributed by atoms with Crippen molar-refractivity contribution in [2.45, 2.75) is 0 Å². The number of nitrogens with zero attached hydrogens (tertiary/aromatic N) is 1. The van der Waals surface area contributed by atoms with Gasteiger partial charge in [-0.2, -0.15) is 0 Å². The zero-order valence-corrected chi connectivity index (χ0v) is 12.0. The first-order chi connectivity index (χ1) is 9.24. The SMILES string of the molecule is CNCCN(C)C(=O)c1sccc1-c1ccccc1. The van der Waals surface area contributed by atoms with Crippen LogP contribution < -0.4 is 5.32 Å². The van der Waals surface area contributed by atoms with Gasteiger partial charge in [-0.1, -0.05) is 30.3 Å². The van der Waals surface area contributed by atoms with E-state index in [0.29, 0.717) is 6.54 Å². The van der Waals surface area contributed by atoms with Crippen LogP contribution in [0.3, 0.4) is 0 Å². The van der Waals surface area contributed by atoms with Crippen LogP contribution in [0.2, 0.25) is 0 Å². The molecule has 0 fully saturated rings. The molecule has 0 saturated carbocycles. The smallest absolute Gasteiger partial charge is 0.264 e. The Balaban J connectivity index is 2.22. The lowest BCUT2D eigenvalue weighted by Gasteiger charge is -2.17. The molecule has 1 amide bonds. The molecule has 0 atom stereocenters. The van der Waals surface area contributed by atoms with Crippen molar-refractivity contribution in [3.63, 3.8) is 0 Å². The molecular weight excluding hydrogens is 256 g/mol. The van der Waals surface area contributed by atoms with Gasteiger partial charge in [0.2, 0.25) is 0 Å². The van der Waals surface area contributed by atoms with E-state index in [9.17, 15) is 4.79 Å². The molecule has 1 N–H and O–H groups in total. The van der Waals surface area contributed by atoms with Gasteiger partial charge in [0.1, 0.15) is 0 Å². The summed E-state index contributed by atoms with van der Waals surface area (Å²) in [5.41, 5.74) is 2.11. The van der Waals surface area contributed by atoms with Crippen LogP contribution in [0.15, 0.2) is 41.8 Å². The summed E-state index contributed by atoms with van der Waals surface area (Å²) in [5.74, 6) is 0.0871. The fraction of sp³-hybridized carbons (Fsp3) is 0.267. The van der Waals surface area contributed by atoms with Crippen LogP contribution in [0.4, 0.5) is 0 Å². The molecule has 2 rings (SSSR count). The lowest BCUT2D eigenvalue weighted by molar-refractivity contribution is 0.0802. The first kappa shape index (κ1) is 13.8. The Morgan fingerprint density at radius 2 is 2.00 bits per heavy atom. The maximum absolute atomic E-state index is 12.4. The van der Waals surface area contributed by atoms with Crippen LogP contribution in [0, 0.1) is 0 Å². The van der Waals surface area contributed by atoms with Gasteiger partial charge in [-0.3, -0.25) is 4.79 Å². The van der Waals surface area contributed by atoms with Gasteiger partial charge in [0.05, 0.1) is 4.88 Å². The zero-order chi connectivity index (χ0) is 13.7. The second kappa shape index (κ2) is 6.50. The van der Waals surface area contributed by atoms with Crippen molar-refractivity contribution in [2.75, 3.05) is 27.2 Å². The molecule has 0 aliphatic rings. The first-order valence-electron chi connectivity index (χ1n) is 6.27. The van der Waals surface area contributed by atoms with E-state index < -0.39 is 0 Å². The van der Waals surface area contributed by atoms with Crippen LogP contribution >= 0.6 is 11.3 Å². The number of hydrogen-bond acceptors (Lipinski definition) is 3. The Morgan fingerprint density at radius 1 is 1.26 bits per heavy atom. The molecule has 4 heteroatoms. The number of likely N-dealkylation sites (N-methyl/N-ethyl adjacent to an activating group) is 2. The molecule has 0 aliphatic heterocycles. The Hall–Kier alpha value is -1.65. The predicted molar refractivity (Wildman–Crippen MR) is 80.6 cm³/mol. The molecule has 2 aromatic rings. The van der Waals surface area contributed by atoms with Crippen LogP contribution in [0.5, 0.6) is 0 Å². The van der Waals surface area contributed by atoms with E-state index in [1.165, 1.54) is 11.3 Å². The van der Waals surface area contributed by atoms with Gasteiger partial charge in [-0.15, -0.1) is 11.3 Å². The number of thiophene rings is 1. The van der Waals surface area contributed by atoms with Crippen molar-refractivity contribution < 1.29 is 4.79 Å². The number of hydrogen-bond donors (Lipinski definition) is 1. The molecule has 1 heterocycles. The molecule has 100 valence electrons. The normalized spacial score (nSPS) is 10.4. The summed E-state index contributed by atoms with van der Waals surface area (Å²) in [5, 5.41) is 5.03. The summed E-state index contributed by atoms with van der Waals surface area (Å²) in [4.78, 5) is 15.0. The Kier molecular flexibility index (Phi) is 4.71. The van der Waals surface area contributed by atoms with E-state index in [2.05, 4.69) is 5.32 Å². The van der Waals surface area contributed by atoms with Gasteiger partial charge >= 0.3 is 0 Å². The summed E-state index contributed by atoms with van der Waals surface area (Å²) in [7, 11) is 3.73. The van der Waals surface area contributed by atoms with Crippen molar-refractivity contribution in [1.29, 1.82) is 0 Å². The van der Waals surface area contributed by atoms with Gasteiger partial charge in [0.25, 0.3) is 5.91 Å². The number of carbonyl (C=O) groups is 1. The molecule has 0 bridgehead atoms. The standard InChI is InChI=1S/C15H18N2OS/c1-16-9-10-17(2)15(18)14-13(8-11-19-14)12-6-4-3-5-7-12/h3-8,11,16H,9-10H2,1-2H3. The Bertz CT molecular complexity index is 536. The molecule has 0 unspecified atom stereocenters. The molecule has 3 nitrogen and oxygen atoms in total. The van der Waals surface area contributed by atoms with Gasteiger partial charge < -0.3 is 10.2 Å². The predicted octanol–water partition coefficient (Wildman–Crippen LogP) is 2.71. The lowest BCUT2D eigenvalue weighted by Crippen LogP contribution is -2.32. The minimum atomic E-state index is 0.0871. The number of benzene rings is 1. The van der Waals surface area contributed by atoms with E-state index in [4.69, 9.17) is 0 Å². The number of carbonyl (C=O) groups excluding carboxylic acids is 1. The molecule has 0 radical (unpaired) electrons. The average molecular weight is 274 g/mol. The highest BCUT2D eigenvalue weighted by atomic mass is 32.1. The van der Waals surface area contributed by atoms with Crippen molar-refractivity contribution in [2.24, 2.45) is 0 Å². The van der Waals surface area contributed by atoms with E-state index in [1.54, 1.807) is 4.90 Å². The molecule has 1 aromatic carbocycles. The zero-order valence-electron chi connectivity index (χ0n) is 11.2. The highest BCUT2D eigenvalue weighted by Gasteiger charge is 2.17. The largest absolute Gasteiger partial charge is 0.340 e. The monoisotopic (exact) mass is 274 g/mol.